The second kappa shape index (κ2) is 8.48. The van der Waals surface area contributed by atoms with E-state index in [2.05, 4.69) is 36.4 Å². The number of carbonyl (C=O) groups excluding carboxylic acids is 1. The number of hydrogen-bond acceptors (Lipinski definition) is 3. The molecule has 4 heteroatoms. The van der Waals surface area contributed by atoms with Crippen LogP contribution in [0.1, 0.15) is 46.0 Å². The van der Waals surface area contributed by atoms with Crippen LogP contribution in [-0.2, 0) is 4.79 Å². The number of rotatable bonds is 6. The third-order valence-corrected chi connectivity index (χ3v) is 3.69. The minimum atomic E-state index is 0.163. The van der Waals surface area contributed by atoms with Crippen molar-refractivity contribution < 1.29 is 4.79 Å². The molecule has 18 heavy (non-hydrogen) atoms. The van der Waals surface area contributed by atoms with E-state index in [0.717, 1.165) is 32.4 Å². The maximum Gasteiger partial charge on any atom is 0.234 e. The van der Waals surface area contributed by atoms with Gasteiger partial charge in [0.25, 0.3) is 0 Å². The van der Waals surface area contributed by atoms with Gasteiger partial charge in [0.05, 0.1) is 6.54 Å². The molecule has 1 saturated heterocycles. The molecule has 0 aromatic rings. The molecule has 2 unspecified atom stereocenters. The summed E-state index contributed by atoms with van der Waals surface area (Å²) in [5.74, 6) is 0.163. The zero-order chi connectivity index (χ0) is 13.4. The Labute approximate surface area is 111 Å². The highest BCUT2D eigenvalue weighted by atomic mass is 16.2. The van der Waals surface area contributed by atoms with Crippen molar-refractivity contribution >= 4 is 5.91 Å². The molecule has 0 bridgehead atoms. The summed E-state index contributed by atoms with van der Waals surface area (Å²) in [5.41, 5.74) is 0. The minimum Gasteiger partial charge on any atom is -0.353 e. The Kier molecular flexibility index (Phi) is 7.28. The van der Waals surface area contributed by atoms with Crippen molar-refractivity contribution in [3.63, 3.8) is 0 Å². The summed E-state index contributed by atoms with van der Waals surface area (Å²) in [4.78, 5) is 14.1. The monoisotopic (exact) mass is 255 g/mol. The number of carbonyl (C=O) groups is 1. The van der Waals surface area contributed by atoms with E-state index in [0.29, 0.717) is 18.6 Å². The SMILES string of the molecule is CCCC(C)NC(=O)CN(C)C1CCCNCC1. The van der Waals surface area contributed by atoms with Gasteiger partial charge in [-0.05, 0) is 52.7 Å². The molecule has 0 aliphatic carbocycles. The predicted octanol–water partition coefficient (Wildman–Crippen LogP) is 1.37. The zero-order valence-corrected chi connectivity index (χ0v) is 12.2. The molecule has 1 rings (SSSR count). The molecule has 4 nitrogen and oxygen atoms in total. The van der Waals surface area contributed by atoms with Gasteiger partial charge in [-0.2, -0.15) is 0 Å². The van der Waals surface area contributed by atoms with Crippen molar-refractivity contribution in [2.75, 3.05) is 26.7 Å². The van der Waals surface area contributed by atoms with Crippen molar-refractivity contribution in [1.82, 2.24) is 15.5 Å². The molecule has 106 valence electrons. The first kappa shape index (κ1) is 15.4. The van der Waals surface area contributed by atoms with Gasteiger partial charge in [-0.25, -0.2) is 0 Å². The first-order valence-electron chi connectivity index (χ1n) is 7.33. The summed E-state index contributed by atoms with van der Waals surface area (Å²) in [6.07, 6.45) is 5.73. The molecule has 0 radical (unpaired) electrons. The zero-order valence-electron chi connectivity index (χ0n) is 12.2. The first-order valence-corrected chi connectivity index (χ1v) is 7.33. The van der Waals surface area contributed by atoms with E-state index in [1.807, 2.05) is 0 Å². The quantitative estimate of drug-likeness (QED) is 0.753. The lowest BCUT2D eigenvalue weighted by Gasteiger charge is -2.26. The summed E-state index contributed by atoms with van der Waals surface area (Å²) in [6, 6.07) is 0.846. The minimum absolute atomic E-state index is 0.163. The van der Waals surface area contributed by atoms with Crippen LogP contribution < -0.4 is 10.6 Å². The van der Waals surface area contributed by atoms with Gasteiger partial charge in [0.1, 0.15) is 0 Å². The number of likely N-dealkylation sites (N-methyl/N-ethyl adjacent to an activating group) is 1. The molecule has 2 N–H and O–H groups in total. The summed E-state index contributed by atoms with van der Waals surface area (Å²) in [5, 5.41) is 6.48. The molecule has 1 heterocycles. The van der Waals surface area contributed by atoms with Crippen molar-refractivity contribution in [1.29, 1.82) is 0 Å². The second-order valence-corrected chi connectivity index (χ2v) is 5.51. The van der Waals surface area contributed by atoms with Gasteiger partial charge in [-0.1, -0.05) is 13.3 Å². The van der Waals surface area contributed by atoms with E-state index in [1.54, 1.807) is 0 Å². The topological polar surface area (TPSA) is 44.4 Å². The summed E-state index contributed by atoms with van der Waals surface area (Å²) >= 11 is 0. The van der Waals surface area contributed by atoms with Gasteiger partial charge in [0.2, 0.25) is 5.91 Å². The van der Waals surface area contributed by atoms with Crippen molar-refractivity contribution in [3.05, 3.63) is 0 Å². The Balaban J connectivity index is 2.29. The number of hydrogen-bond donors (Lipinski definition) is 2. The van der Waals surface area contributed by atoms with E-state index in [1.165, 1.54) is 12.8 Å². The highest BCUT2D eigenvalue weighted by Gasteiger charge is 2.19. The summed E-state index contributed by atoms with van der Waals surface area (Å²) in [6.45, 7) is 6.94. The van der Waals surface area contributed by atoms with Crippen LogP contribution in [-0.4, -0.2) is 49.6 Å². The van der Waals surface area contributed by atoms with Gasteiger partial charge >= 0.3 is 0 Å². The lowest BCUT2D eigenvalue weighted by atomic mass is 10.1. The van der Waals surface area contributed by atoms with E-state index in [-0.39, 0.29) is 5.91 Å². The summed E-state index contributed by atoms with van der Waals surface area (Å²) < 4.78 is 0. The average Bonchev–Trinajstić information content (AvgIpc) is 2.57. The van der Waals surface area contributed by atoms with Crippen LogP contribution in [0.3, 0.4) is 0 Å². The summed E-state index contributed by atoms with van der Waals surface area (Å²) in [7, 11) is 2.07. The molecule has 0 aromatic carbocycles. The standard InChI is InChI=1S/C14H29N3O/c1-4-6-12(2)16-14(18)11-17(3)13-7-5-9-15-10-8-13/h12-13,15H,4-11H2,1-3H3,(H,16,18). The maximum absolute atomic E-state index is 11.9. The third kappa shape index (κ3) is 5.83. The fourth-order valence-corrected chi connectivity index (χ4v) is 2.62. The van der Waals surface area contributed by atoms with E-state index >= 15 is 0 Å². The van der Waals surface area contributed by atoms with Crippen molar-refractivity contribution in [2.24, 2.45) is 0 Å². The van der Waals surface area contributed by atoms with E-state index in [9.17, 15) is 4.79 Å². The Bertz CT molecular complexity index is 237. The van der Waals surface area contributed by atoms with Gasteiger partial charge in [-0.15, -0.1) is 0 Å². The highest BCUT2D eigenvalue weighted by molar-refractivity contribution is 5.78. The fourth-order valence-electron chi connectivity index (χ4n) is 2.62. The van der Waals surface area contributed by atoms with Crippen molar-refractivity contribution in [2.45, 2.75) is 58.0 Å². The normalized spacial score (nSPS) is 22.6. The smallest absolute Gasteiger partial charge is 0.234 e. The van der Waals surface area contributed by atoms with Crippen LogP contribution in [0.25, 0.3) is 0 Å². The van der Waals surface area contributed by atoms with Crippen LogP contribution in [0.5, 0.6) is 0 Å². The molecule has 1 fully saturated rings. The van der Waals surface area contributed by atoms with E-state index in [4.69, 9.17) is 0 Å². The Morgan fingerprint density at radius 1 is 1.44 bits per heavy atom. The average molecular weight is 255 g/mol. The molecule has 1 aliphatic heterocycles. The molecule has 0 saturated carbocycles. The second-order valence-electron chi connectivity index (χ2n) is 5.51. The fraction of sp³-hybridized carbons (Fsp3) is 0.929. The highest BCUT2D eigenvalue weighted by Crippen LogP contribution is 2.11. The van der Waals surface area contributed by atoms with Gasteiger partial charge in [-0.3, -0.25) is 9.69 Å². The van der Waals surface area contributed by atoms with Crippen molar-refractivity contribution in [3.8, 4) is 0 Å². The lowest BCUT2D eigenvalue weighted by molar-refractivity contribution is -0.123. The lowest BCUT2D eigenvalue weighted by Crippen LogP contribution is -2.43. The largest absolute Gasteiger partial charge is 0.353 e. The Morgan fingerprint density at radius 3 is 2.94 bits per heavy atom. The van der Waals surface area contributed by atoms with Crippen LogP contribution in [0, 0.1) is 0 Å². The molecule has 0 aromatic heterocycles. The third-order valence-electron chi connectivity index (χ3n) is 3.69. The number of nitrogens with one attached hydrogen (secondary N) is 2. The Hall–Kier alpha value is -0.610. The molecule has 2 atom stereocenters. The van der Waals surface area contributed by atoms with Gasteiger partial charge < -0.3 is 10.6 Å². The van der Waals surface area contributed by atoms with Crippen LogP contribution in [0.2, 0.25) is 0 Å². The van der Waals surface area contributed by atoms with Crippen LogP contribution in [0.4, 0.5) is 0 Å². The molecule has 0 spiro atoms. The van der Waals surface area contributed by atoms with Crippen LogP contribution >= 0.6 is 0 Å². The van der Waals surface area contributed by atoms with E-state index < -0.39 is 0 Å². The van der Waals surface area contributed by atoms with Gasteiger partial charge in [0.15, 0.2) is 0 Å². The Morgan fingerprint density at radius 2 is 2.22 bits per heavy atom. The molecule has 1 aliphatic rings. The number of amides is 1. The molecule has 1 amide bonds. The molecular formula is C14H29N3O. The van der Waals surface area contributed by atoms with Crippen LogP contribution in [0.15, 0.2) is 0 Å². The maximum atomic E-state index is 11.9. The number of nitrogens with zero attached hydrogens (tertiary/aromatic N) is 1. The van der Waals surface area contributed by atoms with Gasteiger partial charge in [0, 0.05) is 12.1 Å². The molecular weight excluding hydrogens is 226 g/mol. The first-order chi connectivity index (χ1) is 8.63. The predicted molar refractivity (Wildman–Crippen MR) is 75.7 cm³/mol.